The molecule has 1 aromatic rings. The number of hydrogen-bond acceptors (Lipinski definition) is 3. The fourth-order valence-electron chi connectivity index (χ4n) is 2.09. The molecule has 0 radical (unpaired) electrons. The molecule has 17 heavy (non-hydrogen) atoms. The molecule has 2 atom stereocenters. The minimum absolute atomic E-state index is 0.381. The molecule has 94 valence electrons. The van der Waals surface area contributed by atoms with E-state index in [1.807, 2.05) is 12.1 Å². The summed E-state index contributed by atoms with van der Waals surface area (Å²) < 4.78 is 0. The SMILES string of the molecule is CCNC(c1ccccc1Cl)C1CSCCS1. The van der Waals surface area contributed by atoms with E-state index in [0.717, 1.165) is 11.6 Å². The average molecular weight is 288 g/mol. The van der Waals surface area contributed by atoms with Gasteiger partial charge in [-0.25, -0.2) is 0 Å². The van der Waals surface area contributed by atoms with E-state index in [0.29, 0.717) is 11.3 Å². The van der Waals surface area contributed by atoms with Gasteiger partial charge in [0.1, 0.15) is 0 Å². The Bertz CT molecular complexity index is 353. The van der Waals surface area contributed by atoms with Crippen molar-refractivity contribution < 1.29 is 0 Å². The lowest BCUT2D eigenvalue weighted by Gasteiger charge is -2.31. The summed E-state index contributed by atoms with van der Waals surface area (Å²) in [5, 5.41) is 5.11. The minimum Gasteiger partial charge on any atom is -0.309 e. The van der Waals surface area contributed by atoms with Gasteiger partial charge < -0.3 is 5.32 Å². The summed E-state index contributed by atoms with van der Waals surface area (Å²) in [5.74, 6) is 3.75. The second-order valence-corrected chi connectivity index (χ2v) is 6.95. The Morgan fingerprint density at radius 2 is 2.24 bits per heavy atom. The Morgan fingerprint density at radius 3 is 2.88 bits per heavy atom. The zero-order chi connectivity index (χ0) is 12.1. The van der Waals surface area contributed by atoms with Crippen LogP contribution in [0.15, 0.2) is 24.3 Å². The zero-order valence-corrected chi connectivity index (χ0v) is 12.4. The van der Waals surface area contributed by atoms with Gasteiger partial charge in [0.05, 0.1) is 0 Å². The first-order chi connectivity index (χ1) is 8.33. The first-order valence-corrected chi connectivity index (χ1v) is 8.58. The van der Waals surface area contributed by atoms with Crippen LogP contribution in [0.4, 0.5) is 0 Å². The predicted molar refractivity (Wildman–Crippen MR) is 81.4 cm³/mol. The van der Waals surface area contributed by atoms with E-state index in [-0.39, 0.29) is 0 Å². The van der Waals surface area contributed by atoms with Crippen LogP contribution in [0.1, 0.15) is 18.5 Å². The van der Waals surface area contributed by atoms with Crippen LogP contribution in [0.3, 0.4) is 0 Å². The highest BCUT2D eigenvalue weighted by molar-refractivity contribution is 8.06. The first kappa shape index (κ1) is 13.6. The number of thioether (sulfide) groups is 2. The first-order valence-electron chi connectivity index (χ1n) is 6.00. The summed E-state index contributed by atoms with van der Waals surface area (Å²) in [5.41, 5.74) is 1.25. The molecule has 1 aliphatic rings. The van der Waals surface area contributed by atoms with E-state index in [1.165, 1.54) is 22.8 Å². The van der Waals surface area contributed by atoms with Gasteiger partial charge >= 0.3 is 0 Å². The van der Waals surface area contributed by atoms with Gasteiger partial charge in [-0.3, -0.25) is 0 Å². The van der Waals surface area contributed by atoms with E-state index in [2.05, 4.69) is 47.9 Å². The topological polar surface area (TPSA) is 12.0 Å². The maximum atomic E-state index is 6.32. The third-order valence-electron chi connectivity index (χ3n) is 2.88. The van der Waals surface area contributed by atoms with Gasteiger partial charge in [-0.2, -0.15) is 23.5 Å². The molecule has 1 N–H and O–H groups in total. The van der Waals surface area contributed by atoms with Crippen molar-refractivity contribution in [3.63, 3.8) is 0 Å². The molecule has 1 aromatic carbocycles. The Kier molecular flexibility index (Phi) is 5.54. The van der Waals surface area contributed by atoms with Gasteiger partial charge in [-0.15, -0.1) is 0 Å². The minimum atomic E-state index is 0.381. The van der Waals surface area contributed by atoms with Crippen LogP contribution in [0, 0.1) is 0 Å². The molecule has 1 fully saturated rings. The monoisotopic (exact) mass is 287 g/mol. The van der Waals surface area contributed by atoms with Gasteiger partial charge in [-0.1, -0.05) is 36.7 Å². The quantitative estimate of drug-likeness (QED) is 0.904. The molecule has 0 saturated carbocycles. The van der Waals surface area contributed by atoms with Crippen molar-refractivity contribution in [1.29, 1.82) is 0 Å². The molecule has 0 spiro atoms. The van der Waals surface area contributed by atoms with Gasteiger partial charge in [0, 0.05) is 33.6 Å². The van der Waals surface area contributed by atoms with Crippen LogP contribution < -0.4 is 5.32 Å². The van der Waals surface area contributed by atoms with Crippen molar-refractivity contribution >= 4 is 35.1 Å². The van der Waals surface area contributed by atoms with E-state index in [1.54, 1.807) is 0 Å². The maximum absolute atomic E-state index is 6.32. The van der Waals surface area contributed by atoms with Crippen molar-refractivity contribution in [1.82, 2.24) is 5.32 Å². The van der Waals surface area contributed by atoms with Crippen molar-refractivity contribution in [2.75, 3.05) is 23.8 Å². The number of rotatable bonds is 4. The lowest BCUT2D eigenvalue weighted by atomic mass is 10.0. The number of nitrogens with one attached hydrogen (secondary N) is 1. The highest BCUT2D eigenvalue weighted by Crippen LogP contribution is 2.35. The Hall–Kier alpha value is 0.170. The van der Waals surface area contributed by atoms with Crippen molar-refractivity contribution in [3.8, 4) is 0 Å². The number of halogens is 1. The molecule has 0 aromatic heterocycles. The molecule has 2 rings (SSSR count). The van der Waals surface area contributed by atoms with Gasteiger partial charge in [0.2, 0.25) is 0 Å². The van der Waals surface area contributed by atoms with Crippen LogP contribution in [0.25, 0.3) is 0 Å². The fourth-order valence-corrected chi connectivity index (χ4v) is 5.20. The highest BCUT2D eigenvalue weighted by Gasteiger charge is 2.26. The Balaban J connectivity index is 2.18. The summed E-state index contributed by atoms with van der Waals surface area (Å²) in [6.07, 6.45) is 0. The molecule has 1 nitrogen and oxygen atoms in total. The number of hydrogen-bond donors (Lipinski definition) is 1. The molecular weight excluding hydrogens is 270 g/mol. The highest BCUT2D eigenvalue weighted by atomic mass is 35.5. The molecule has 1 heterocycles. The molecule has 2 unspecified atom stereocenters. The second-order valence-electron chi connectivity index (χ2n) is 4.04. The summed E-state index contributed by atoms with van der Waals surface area (Å²) in [6, 6.07) is 8.59. The lowest BCUT2D eigenvalue weighted by Crippen LogP contribution is -2.33. The molecular formula is C13H18ClNS2. The van der Waals surface area contributed by atoms with Gasteiger partial charge in [0.15, 0.2) is 0 Å². The van der Waals surface area contributed by atoms with Crippen LogP contribution in [0.2, 0.25) is 5.02 Å². The van der Waals surface area contributed by atoms with Crippen LogP contribution in [-0.4, -0.2) is 29.1 Å². The molecule has 0 aliphatic carbocycles. The van der Waals surface area contributed by atoms with Crippen molar-refractivity contribution in [3.05, 3.63) is 34.9 Å². The lowest BCUT2D eigenvalue weighted by molar-refractivity contribution is 0.551. The van der Waals surface area contributed by atoms with Crippen LogP contribution >= 0.6 is 35.1 Å². The summed E-state index contributed by atoms with van der Waals surface area (Å²) in [7, 11) is 0. The number of benzene rings is 1. The zero-order valence-electron chi connectivity index (χ0n) is 9.99. The molecule has 1 aliphatic heterocycles. The van der Waals surface area contributed by atoms with Crippen LogP contribution in [-0.2, 0) is 0 Å². The van der Waals surface area contributed by atoms with E-state index >= 15 is 0 Å². The van der Waals surface area contributed by atoms with E-state index < -0.39 is 0 Å². The maximum Gasteiger partial charge on any atom is 0.0463 e. The third kappa shape index (κ3) is 3.57. The Labute approximate surface area is 117 Å². The van der Waals surface area contributed by atoms with Gasteiger partial charge in [0.25, 0.3) is 0 Å². The van der Waals surface area contributed by atoms with Crippen molar-refractivity contribution in [2.24, 2.45) is 0 Å². The van der Waals surface area contributed by atoms with E-state index in [9.17, 15) is 0 Å². The Morgan fingerprint density at radius 1 is 1.41 bits per heavy atom. The summed E-state index contributed by atoms with van der Waals surface area (Å²) in [4.78, 5) is 0. The molecule has 0 bridgehead atoms. The second kappa shape index (κ2) is 6.93. The smallest absolute Gasteiger partial charge is 0.0463 e. The third-order valence-corrected chi connectivity index (χ3v) is 6.09. The van der Waals surface area contributed by atoms with Gasteiger partial charge in [-0.05, 0) is 18.2 Å². The predicted octanol–water partition coefficient (Wildman–Crippen LogP) is 3.84. The van der Waals surface area contributed by atoms with E-state index in [4.69, 9.17) is 11.6 Å². The normalized spacial score (nSPS) is 22.4. The molecule has 4 heteroatoms. The standard InChI is InChI=1S/C13H18ClNS2/c1-2-15-13(12-9-16-7-8-17-12)10-5-3-4-6-11(10)14/h3-6,12-13,15H,2,7-9H2,1H3. The average Bonchev–Trinajstić information content (AvgIpc) is 2.38. The molecule has 0 amide bonds. The summed E-state index contributed by atoms with van der Waals surface area (Å²) >= 11 is 10.4. The largest absolute Gasteiger partial charge is 0.309 e. The molecule has 1 saturated heterocycles. The van der Waals surface area contributed by atoms with Crippen molar-refractivity contribution in [2.45, 2.75) is 18.2 Å². The fraction of sp³-hybridized carbons (Fsp3) is 0.538. The summed E-state index contributed by atoms with van der Waals surface area (Å²) in [6.45, 7) is 3.14. The van der Waals surface area contributed by atoms with Crippen LogP contribution in [0.5, 0.6) is 0 Å².